The van der Waals surface area contributed by atoms with Gasteiger partial charge in [-0.25, -0.2) is 0 Å². The fourth-order valence-electron chi connectivity index (χ4n) is 3.07. The van der Waals surface area contributed by atoms with Crippen molar-refractivity contribution in [3.05, 3.63) is 24.3 Å². The van der Waals surface area contributed by atoms with Gasteiger partial charge in [-0.3, -0.25) is 19.2 Å². The van der Waals surface area contributed by atoms with Crippen molar-refractivity contribution in [3.63, 3.8) is 0 Å². The summed E-state index contributed by atoms with van der Waals surface area (Å²) < 4.78 is 21.0. The van der Waals surface area contributed by atoms with Crippen molar-refractivity contribution in [3.8, 4) is 0 Å². The van der Waals surface area contributed by atoms with Gasteiger partial charge in [-0.1, -0.05) is 51.0 Å². The second-order valence-corrected chi connectivity index (χ2v) is 8.67. The fraction of sp³-hybridized carbons (Fsp3) is 0.704. The summed E-state index contributed by atoms with van der Waals surface area (Å²) in [5.74, 6) is -4.89. The lowest BCUT2D eigenvalue weighted by Crippen LogP contribution is -2.23. The highest BCUT2D eigenvalue weighted by Gasteiger charge is 2.22. The molecular weight excluding hydrogens is 484 g/mol. The lowest BCUT2D eigenvalue weighted by atomic mass is 10.0. The van der Waals surface area contributed by atoms with Crippen LogP contribution in [0.2, 0.25) is 0 Å². The summed E-state index contributed by atoms with van der Waals surface area (Å²) >= 11 is 0. The molecule has 0 aliphatic rings. The van der Waals surface area contributed by atoms with Gasteiger partial charge in [0.05, 0.1) is 50.6 Å². The first-order chi connectivity index (χ1) is 17.7. The molecule has 3 atom stereocenters. The number of rotatable bonds is 23. The smallest absolute Gasteiger partial charge is 0.307 e. The zero-order valence-electron chi connectivity index (χ0n) is 22.4. The molecule has 0 saturated heterocycles. The molecule has 37 heavy (non-hydrogen) atoms. The number of carbonyl (C=O) groups is 4. The topological polar surface area (TPSA) is 146 Å². The van der Waals surface area contributed by atoms with Crippen LogP contribution in [0.15, 0.2) is 24.3 Å². The molecule has 0 saturated carbocycles. The van der Waals surface area contributed by atoms with Gasteiger partial charge in [0.1, 0.15) is 13.2 Å². The number of carbonyl (C=O) groups excluding carboxylic acids is 2. The summed E-state index contributed by atoms with van der Waals surface area (Å²) in [5, 5.41) is 18.5. The highest BCUT2D eigenvalue weighted by Crippen LogP contribution is 2.13. The minimum absolute atomic E-state index is 0.000440. The van der Waals surface area contributed by atoms with Gasteiger partial charge in [0.25, 0.3) is 0 Å². The van der Waals surface area contributed by atoms with Crippen molar-refractivity contribution in [2.45, 2.75) is 78.2 Å². The van der Waals surface area contributed by atoms with Crippen molar-refractivity contribution in [1.29, 1.82) is 0 Å². The standard InChI is InChI=1S/C27H44O10/c1-4-6-8-10-12-22(26(30)31)18-24(28)36-15-14-34-20-21(3)35-16-17-37-25(29)19-23(27(32)33)13-11-9-7-5-2/h8-11,21-23H,4-7,12-20H2,1-3H3,(H,30,31)(H,32,33)/b10-8+,11-9+. The molecule has 212 valence electrons. The highest BCUT2D eigenvalue weighted by molar-refractivity contribution is 5.79. The van der Waals surface area contributed by atoms with Crippen LogP contribution in [0.1, 0.15) is 72.1 Å². The Kier molecular flexibility index (Phi) is 20.8. The summed E-state index contributed by atoms with van der Waals surface area (Å²) in [5.41, 5.74) is 0. The maximum Gasteiger partial charge on any atom is 0.307 e. The molecule has 10 heteroatoms. The minimum atomic E-state index is -1.04. The molecule has 3 unspecified atom stereocenters. The van der Waals surface area contributed by atoms with Crippen molar-refractivity contribution in [1.82, 2.24) is 0 Å². The summed E-state index contributed by atoms with van der Waals surface area (Å²) in [7, 11) is 0. The van der Waals surface area contributed by atoms with E-state index < -0.39 is 35.7 Å². The average Bonchev–Trinajstić information content (AvgIpc) is 2.85. The molecular formula is C27H44O10. The lowest BCUT2D eigenvalue weighted by molar-refractivity contribution is -0.153. The third kappa shape index (κ3) is 20.1. The largest absolute Gasteiger partial charge is 0.481 e. The Balaban J connectivity index is 3.98. The Hall–Kier alpha value is -2.72. The number of carboxylic acid groups (broad SMARTS) is 2. The van der Waals surface area contributed by atoms with E-state index in [0.717, 1.165) is 25.7 Å². The lowest BCUT2D eigenvalue weighted by Gasteiger charge is -2.14. The van der Waals surface area contributed by atoms with Crippen LogP contribution in [0.25, 0.3) is 0 Å². The number of allylic oxidation sites excluding steroid dienone is 4. The predicted octanol–water partition coefficient (Wildman–Crippen LogP) is 4.17. The van der Waals surface area contributed by atoms with Crippen LogP contribution in [0.3, 0.4) is 0 Å². The van der Waals surface area contributed by atoms with Gasteiger partial charge in [0, 0.05) is 0 Å². The minimum Gasteiger partial charge on any atom is -0.481 e. The van der Waals surface area contributed by atoms with E-state index in [0.29, 0.717) is 0 Å². The van der Waals surface area contributed by atoms with E-state index in [4.69, 9.17) is 18.9 Å². The van der Waals surface area contributed by atoms with Crippen LogP contribution in [-0.2, 0) is 38.1 Å². The van der Waals surface area contributed by atoms with Gasteiger partial charge >= 0.3 is 23.9 Å². The van der Waals surface area contributed by atoms with Crippen molar-refractivity contribution < 1.29 is 48.3 Å². The third-order valence-corrected chi connectivity index (χ3v) is 5.20. The van der Waals surface area contributed by atoms with Gasteiger partial charge in [0.2, 0.25) is 0 Å². The quantitative estimate of drug-likeness (QED) is 0.113. The van der Waals surface area contributed by atoms with E-state index in [1.165, 1.54) is 0 Å². The van der Waals surface area contributed by atoms with Gasteiger partial charge in [-0.15, -0.1) is 0 Å². The molecule has 0 aliphatic carbocycles. The van der Waals surface area contributed by atoms with Crippen LogP contribution < -0.4 is 0 Å². The van der Waals surface area contributed by atoms with Crippen LogP contribution in [0, 0.1) is 11.8 Å². The highest BCUT2D eigenvalue weighted by atomic mass is 16.6. The molecule has 0 amide bonds. The summed E-state index contributed by atoms with van der Waals surface area (Å²) in [6, 6.07) is 0. The van der Waals surface area contributed by atoms with Crippen LogP contribution >= 0.6 is 0 Å². The molecule has 0 radical (unpaired) electrons. The van der Waals surface area contributed by atoms with Crippen molar-refractivity contribution in [2.24, 2.45) is 11.8 Å². The number of hydrogen-bond donors (Lipinski definition) is 2. The number of aliphatic carboxylic acids is 2. The molecule has 0 fully saturated rings. The molecule has 0 rings (SSSR count). The first kappa shape index (κ1) is 34.3. The number of ether oxygens (including phenoxy) is 4. The normalized spacial score (nSPS) is 13.9. The third-order valence-electron chi connectivity index (χ3n) is 5.20. The summed E-state index contributed by atoms with van der Waals surface area (Å²) in [6.45, 7) is 6.29. The van der Waals surface area contributed by atoms with Crippen molar-refractivity contribution >= 4 is 23.9 Å². The Labute approximate surface area is 220 Å². The molecule has 0 bridgehead atoms. The van der Waals surface area contributed by atoms with Gasteiger partial charge in [0.15, 0.2) is 0 Å². The Morgan fingerprint density at radius 2 is 1.16 bits per heavy atom. The molecule has 0 aromatic carbocycles. The maximum atomic E-state index is 11.9. The molecule has 0 aliphatic heterocycles. The second-order valence-electron chi connectivity index (χ2n) is 8.67. The van der Waals surface area contributed by atoms with E-state index in [-0.39, 0.29) is 64.8 Å². The number of unbranched alkanes of at least 4 members (excludes halogenated alkanes) is 2. The van der Waals surface area contributed by atoms with Gasteiger partial charge in [-0.05, 0) is 32.6 Å². The Bertz CT molecular complexity index is 716. The van der Waals surface area contributed by atoms with E-state index in [1.54, 1.807) is 19.1 Å². The SMILES string of the molecule is CCC/C=C/CC(CC(=O)OCCOCC(C)OCCOC(=O)CC(C/C=C/CCC)C(=O)O)C(=O)O. The van der Waals surface area contributed by atoms with Gasteiger partial charge in [-0.2, -0.15) is 0 Å². The molecule has 10 nitrogen and oxygen atoms in total. The zero-order valence-corrected chi connectivity index (χ0v) is 22.4. The number of hydrogen-bond acceptors (Lipinski definition) is 8. The molecule has 0 spiro atoms. The average molecular weight is 529 g/mol. The molecule has 0 aromatic heterocycles. The molecule has 2 N–H and O–H groups in total. The first-order valence-corrected chi connectivity index (χ1v) is 13.0. The van der Waals surface area contributed by atoms with Crippen LogP contribution in [0.5, 0.6) is 0 Å². The zero-order chi connectivity index (χ0) is 27.9. The molecule has 0 aromatic rings. The maximum absolute atomic E-state index is 11.9. The van der Waals surface area contributed by atoms with Crippen LogP contribution in [0.4, 0.5) is 0 Å². The molecule has 0 heterocycles. The van der Waals surface area contributed by atoms with E-state index in [2.05, 4.69) is 0 Å². The van der Waals surface area contributed by atoms with Crippen molar-refractivity contribution in [2.75, 3.05) is 33.0 Å². The first-order valence-electron chi connectivity index (χ1n) is 13.0. The van der Waals surface area contributed by atoms with Crippen LogP contribution in [-0.4, -0.2) is 73.2 Å². The number of carboxylic acids is 2. The summed E-state index contributed by atoms with van der Waals surface area (Å²) in [4.78, 5) is 46.4. The predicted molar refractivity (Wildman–Crippen MR) is 137 cm³/mol. The van der Waals surface area contributed by atoms with E-state index >= 15 is 0 Å². The van der Waals surface area contributed by atoms with E-state index in [9.17, 15) is 29.4 Å². The fourth-order valence-corrected chi connectivity index (χ4v) is 3.07. The monoisotopic (exact) mass is 528 g/mol. The Morgan fingerprint density at radius 3 is 1.59 bits per heavy atom. The number of esters is 2. The van der Waals surface area contributed by atoms with Gasteiger partial charge < -0.3 is 29.2 Å². The second kappa shape index (κ2) is 22.5. The Morgan fingerprint density at radius 1 is 0.703 bits per heavy atom. The van der Waals surface area contributed by atoms with E-state index in [1.807, 2.05) is 26.0 Å². The summed E-state index contributed by atoms with van der Waals surface area (Å²) in [6.07, 6.45) is 10.9.